The third kappa shape index (κ3) is 7.72. The van der Waals surface area contributed by atoms with Crippen LogP contribution in [0.3, 0.4) is 0 Å². The Morgan fingerprint density at radius 1 is 1.10 bits per heavy atom. The fraction of sp³-hybridized carbons (Fsp3) is 0.714. The number of halogens is 2. The number of alkyl halides is 1. The normalized spacial score (nSPS) is 26.4. The van der Waals surface area contributed by atoms with Gasteiger partial charge in [-0.1, -0.05) is 6.07 Å². The maximum absolute atomic E-state index is 14.1. The van der Waals surface area contributed by atoms with E-state index in [0.29, 0.717) is 38.0 Å². The van der Waals surface area contributed by atoms with E-state index in [2.05, 4.69) is 0 Å². The van der Waals surface area contributed by atoms with Crippen LogP contribution in [0.15, 0.2) is 18.2 Å². The van der Waals surface area contributed by atoms with Crippen molar-refractivity contribution in [1.82, 2.24) is 4.90 Å². The minimum Gasteiger partial charge on any atom is -0.491 e. The summed E-state index contributed by atoms with van der Waals surface area (Å²) < 4.78 is 38.2. The molecule has 7 nitrogen and oxygen atoms in total. The highest BCUT2D eigenvalue weighted by atomic mass is 19.1. The van der Waals surface area contributed by atoms with E-state index in [9.17, 15) is 29.2 Å². The van der Waals surface area contributed by atoms with Crippen LogP contribution in [-0.2, 0) is 11.3 Å². The Hall–Kier alpha value is -1.36. The second-order valence-electron chi connectivity index (χ2n) is 7.68. The summed E-state index contributed by atoms with van der Waals surface area (Å²) in [5.41, 5.74) is 0.703. The van der Waals surface area contributed by atoms with Crippen molar-refractivity contribution in [3.8, 4) is 5.75 Å². The molecule has 1 saturated heterocycles. The summed E-state index contributed by atoms with van der Waals surface area (Å²) in [6.07, 6.45) is -4.67. The highest BCUT2D eigenvalue weighted by molar-refractivity contribution is 5.29. The van der Waals surface area contributed by atoms with Gasteiger partial charge in [0.05, 0.1) is 32.0 Å². The van der Waals surface area contributed by atoms with Crippen LogP contribution < -0.4 is 4.74 Å². The van der Waals surface area contributed by atoms with Crippen LogP contribution in [0.1, 0.15) is 31.7 Å². The quantitative estimate of drug-likeness (QED) is 0.386. The molecular formula is C21H33F2NO6. The van der Waals surface area contributed by atoms with E-state index in [0.717, 1.165) is 0 Å². The molecule has 0 amide bonds. The molecule has 1 heterocycles. The van der Waals surface area contributed by atoms with Gasteiger partial charge in [0.15, 0.2) is 11.6 Å². The molecule has 0 bridgehead atoms. The Labute approximate surface area is 175 Å². The Morgan fingerprint density at radius 2 is 1.77 bits per heavy atom. The van der Waals surface area contributed by atoms with Gasteiger partial charge in [0.1, 0.15) is 18.4 Å². The van der Waals surface area contributed by atoms with E-state index < -0.39 is 36.4 Å². The molecule has 30 heavy (non-hydrogen) atoms. The van der Waals surface area contributed by atoms with Gasteiger partial charge in [0, 0.05) is 13.1 Å². The number of aliphatic hydroxyl groups is 4. The van der Waals surface area contributed by atoms with Crippen molar-refractivity contribution in [1.29, 1.82) is 0 Å². The zero-order valence-electron chi connectivity index (χ0n) is 17.3. The molecule has 9 heteroatoms. The minimum atomic E-state index is -1.39. The fourth-order valence-electron chi connectivity index (χ4n) is 3.45. The molecule has 1 aromatic carbocycles. The lowest BCUT2D eigenvalue weighted by Gasteiger charge is -2.23. The SMILES string of the molecule is CCOc1cc(COC[C@@H](F)CCCCN2C[C@H](O)[C@@H](O)[C@H](O)[C@@H](O)C2)ccc1F. The summed E-state index contributed by atoms with van der Waals surface area (Å²) in [5.74, 6) is -0.295. The highest BCUT2D eigenvalue weighted by Gasteiger charge is 2.35. The third-order valence-corrected chi connectivity index (χ3v) is 5.13. The molecule has 0 saturated carbocycles. The fourth-order valence-corrected chi connectivity index (χ4v) is 3.45. The van der Waals surface area contributed by atoms with E-state index in [4.69, 9.17) is 9.47 Å². The van der Waals surface area contributed by atoms with Gasteiger partial charge in [-0.15, -0.1) is 0 Å². The van der Waals surface area contributed by atoms with Crippen LogP contribution in [0.4, 0.5) is 8.78 Å². The van der Waals surface area contributed by atoms with E-state index in [1.165, 1.54) is 6.07 Å². The number of rotatable bonds is 11. The predicted molar refractivity (Wildman–Crippen MR) is 106 cm³/mol. The second-order valence-corrected chi connectivity index (χ2v) is 7.68. The van der Waals surface area contributed by atoms with Crippen molar-refractivity contribution in [3.05, 3.63) is 29.6 Å². The number of hydrogen-bond acceptors (Lipinski definition) is 7. The molecule has 0 radical (unpaired) electrons. The molecule has 1 aromatic rings. The van der Waals surface area contributed by atoms with Gasteiger partial charge in [0.2, 0.25) is 0 Å². The molecule has 1 aliphatic rings. The molecule has 0 spiro atoms. The monoisotopic (exact) mass is 433 g/mol. The summed E-state index contributed by atoms with van der Waals surface area (Å²) in [5, 5.41) is 39.1. The first-order valence-electron chi connectivity index (χ1n) is 10.4. The standard InChI is InChI=1S/C21H33F2NO6/c1-2-30-19-9-14(6-7-16(19)23)12-29-13-15(22)5-3-4-8-24-10-17(25)20(27)21(28)18(26)11-24/h6-7,9,15,17-18,20-21,25-28H,2-5,8,10-13H2,1H3/t15-,17-,18-,20+,21+/m0/s1. The van der Waals surface area contributed by atoms with Crippen LogP contribution in [0.25, 0.3) is 0 Å². The molecular weight excluding hydrogens is 400 g/mol. The largest absolute Gasteiger partial charge is 0.491 e. The lowest BCUT2D eigenvalue weighted by molar-refractivity contribution is -0.0894. The third-order valence-electron chi connectivity index (χ3n) is 5.13. The van der Waals surface area contributed by atoms with Gasteiger partial charge in [-0.3, -0.25) is 4.90 Å². The summed E-state index contributed by atoms with van der Waals surface area (Å²) >= 11 is 0. The molecule has 0 aromatic heterocycles. The first-order chi connectivity index (χ1) is 14.3. The molecule has 4 N–H and O–H groups in total. The number of benzene rings is 1. The van der Waals surface area contributed by atoms with Crippen LogP contribution in [0, 0.1) is 5.82 Å². The second kappa shape index (κ2) is 12.5. The Morgan fingerprint density at radius 3 is 2.40 bits per heavy atom. The topological polar surface area (TPSA) is 103 Å². The van der Waals surface area contributed by atoms with Gasteiger partial charge in [-0.05, 0) is 50.4 Å². The summed E-state index contributed by atoms with van der Waals surface area (Å²) in [4.78, 5) is 1.75. The van der Waals surface area contributed by atoms with E-state index in [1.807, 2.05) is 0 Å². The lowest BCUT2D eigenvalue weighted by Crippen LogP contribution is -2.43. The Balaban J connectivity index is 1.63. The average Bonchev–Trinajstić information content (AvgIpc) is 2.80. The number of β-amino-alcohol motifs (C(OH)–C–C–N with tert-alkyl or cyclic N) is 2. The number of ether oxygens (including phenoxy) is 2. The van der Waals surface area contributed by atoms with Crippen molar-refractivity contribution in [2.75, 3.05) is 32.8 Å². The van der Waals surface area contributed by atoms with Crippen LogP contribution in [0.2, 0.25) is 0 Å². The Kier molecular flexibility index (Phi) is 10.4. The summed E-state index contributed by atoms with van der Waals surface area (Å²) in [7, 11) is 0. The highest BCUT2D eigenvalue weighted by Crippen LogP contribution is 2.20. The zero-order chi connectivity index (χ0) is 22.1. The molecule has 5 atom stereocenters. The Bertz CT molecular complexity index is 622. The number of unbranched alkanes of at least 4 members (excludes halogenated alkanes) is 1. The smallest absolute Gasteiger partial charge is 0.165 e. The first kappa shape index (κ1) is 24.9. The van der Waals surface area contributed by atoms with E-state index in [1.54, 1.807) is 24.0 Å². The van der Waals surface area contributed by atoms with Crippen LogP contribution >= 0.6 is 0 Å². The molecule has 172 valence electrons. The van der Waals surface area contributed by atoms with Crippen molar-refractivity contribution < 1.29 is 38.7 Å². The van der Waals surface area contributed by atoms with E-state index in [-0.39, 0.29) is 32.1 Å². The van der Waals surface area contributed by atoms with Crippen molar-refractivity contribution >= 4 is 0 Å². The van der Waals surface area contributed by atoms with Crippen molar-refractivity contribution in [2.45, 2.75) is 63.4 Å². The van der Waals surface area contributed by atoms with Crippen molar-refractivity contribution in [2.24, 2.45) is 0 Å². The molecule has 2 rings (SSSR count). The lowest BCUT2D eigenvalue weighted by atomic mass is 10.1. The molecule has 1 fully saturated rings. The minimum absolute atomic E-state index is 0.0686. The van der Waals surface area contributed by atoms with Gasteiger partial charge < -0.3 is 29.9 Å². The van der Waals surface area contributed by atoms with Gasteiger partial charge in [0.25, 0.3) is 0 Å². The van der Waals surface area contributed by atoms with Gasteiger partial charge in [-0.2, -0.15) is 0 Å². The molecule has 0 aliphatic carbocycles. The average molecular weight is 433 g/mol. The number of likely N-dealkylation sites (tertiary alicyclic amines) is 1. The van der Waals surface area contributed by atoms with Crippen molar-refractivity contribution in [3.63, 3.8) is 0 Å². The number of aliphatic hydroxyl groups excluding tert-OH is 4. The van der Waals surface area contributed by atoms with Gasteiger partial charge in [-0.25, -0.2) is 8.78 Å². The summed E-state index contributed by atoms with van der Waals surface area (Å²) in [6, 6.07) is 4.41. The first-order valence-corrected chi connectivity index (χ1v) is 10.4. The zero-order valence-corrected chi connectivity index (χ0v) is 17.3. The maximum Gasteiger partial charge on any atom is 0.165 e. The number of nitrogens with zero attached hydrogens (tertiary/aromatic N) is 1. The van der Waals surface area contributed by atoms with Crippen LogP contribution in [0.5, 0.6) is 5.75 Å². The van der Waals surface area contributed by atoms with Crippen LogP contribution in [-0.4, -0.2) is 88.8 Å². The summed E-state index contributed by atoms with van der Waals surface area (Å²) in [6.45, 7) is 2.99. The van der Waals surface area contributed by atoms with Gasteiger partial charge >= 0.3 is 0 Å². The predicted octanol–water partition coefficient (Wildman–Crippen LogP) is 1.01. The molecule has 0 unspecified atom stereocenters. The molecule has 1 aliphatic heterocycles. The maximum atomic E-state index is 14.1. The van der Waals surface area contributed by atoms with E-state index >= 15 is 0 Å². The number of hydrogen-bond donors (Lipinski definition) is 4.